The molecular weight excluding hydrogens is 202 g/mol. The average Bonchev–Trinajstić information content (AvgIpc) is 2.72. The minimum absolute atomic E-state index is 0.103. The monoisotopic (exact) mass is 215 g/mol. The van der Waals surface area contributed by atoms with Gasteiger partial charge in [0, 0.05) is 24.5 Å². The molecule has 4 heteroatoms. The summed E-state index contributed by atoms with van der Waals surface area (Å²) in [6, 6.07) is 3.76. The molecule has 1 aliphatic heterocycles. The number of carbonyl (C=O) groups excluding carboxylic acids is 1. The number of amides is 1. The SMILES string of the molecule is CN1C(=O)C2=C(CCC2)Nc2ncccc21. The van der Waals surface area contributed by atoms with Crippen molar-refractivity contribution >= 4 is 17.4 Å². The number of likely N-dealkylation sites (N-methyl/N-ethyl adjacent to an activating group) is 1. The van der Waals surface area contributed by atoms with Gasteiger partial charge < -0.3 is 10.2 Å². The van der Waals surface area contributed by atoms with Crippen LogP contribution in [0.1, 0.15) is 19.3 Å². The van der Waals surface area contributed by atoms with Crippen molar-refractivity contribution in [3.8, 4) is 0 Å². The first-order valence-corrected chi connectivity index (χ1v) is 5.49. The highest BCUT2D eigenvalue weighted by molar-refractivity contribution is 6.09. The number of rotatable bonds is 0. The lowest BCUT2D eigenvalue weighted by Gasteiger charge is -2.17. The molecule has 2 heterocycles. The van der Waals surface area contributed by atoms with E-state index in [2.05, 4.69) is 10.3 Å². The molecule has 0 bridgehead atoms. The largest absolute Gasteiger partial charge is 0.342 e. The maximum absolute atomic E-state index is 12.2. The van der Waals surface area contributed by atoms with Gasteiger partial charge in [0.25, 0.3) is 5.91 Å². The Morgan fingerprint density at radius 3 is 3.19 bits per heavy atom. The highest BCUT2D eigenvalue weighted by Gasteiger charge is 2.29. The highest BCUT2D eigenvalue weighted by Crippen LogP contribution is 2.35. The Bertz CT molecular complexity index is 493. The third-order valence-corrected chi connectivity index (χ3v) is 3.20. The van der Waals surface area contributed by atoms with Crippen molar-refractivity contribution in [2.75, 3.05) is 17.3 Å². The second-order valence-electron chi connectivity index (χ2n) is 4.17. The Morgan fingerprint density at radius 1 is 1.44 bits per heavy atom. The number of carbonyl (C=O) groups is 1. The first-order chi connectivity index (χ1) is 7.77. The summed E-state index contributed by atoms with van der Waals surface area (Å²) in [5, 5.41) is 3.29. The summed E-state index contributed by atoms with van der Waals surface area (Å²) >= 11 is 0. The van der Waals surface area contributed by atoms with Crippen molar-refractivity contribution in [1.82, 2.24) is 4.98 Å². The summed E-state index contributed by atoms with van der Waals surface area (Å²) in [5.74, 6) is 0.886. The zero-order valence-electron chi connectivity index (χ0n) is 9.16. The van der Waals surface area contributed by atoms with Crippen LogP contribution in [0.15, 0.2) is 29.6 Å². The van der Waals surface area contributed by atoms with Crippen LogP contribution in [0.2, 0.25) is 0 Å². The Hall–Kier alpha value is -1.84. The topological polar surface area (TPSA) is 45.2 Å². The van der Waals surface area contributed by atoms with Gasteiger partial charge >= 0.3 is 0 Å². The molecule has 0 aromatic carbocycles. The normalized spacial score (nSPS) is 19.1. The first kappa shape index (κ1) is 9.39. The van der Waals surface area contributed by atoms with E-state index in [9.17, 15) is 4.79 Å². The minimum atomic E-state index is 0.103. The number of nitrogens with one attached hydrogen (secondary N) is 1. The second-order valence-corrected chi connectivity index (χ2v) is 4.17. The number of hydrogen-bond acceptors (Lipinski definition) is 3. The molecule has 4 nitrogen and oxygen atoms in total. The maximum atomic E-state index is 12.2. The van der Waals surface area contributed by atoms with Crippen molar-refractivity contribution in [1.29, 1.82) is 0 Å². The van der Waals surface area contributed by atoms with Crippen LogP contribution >= 0.6 is 0 Å². The maximum Gasteiger partial charge on any atom is 0.255 e. The molecule has 0 spiro atoms. The van der Waals surface area contributed by atoms with Crippen molar-refractivity contribution < 1.29 is 4.79 Å². The van der Waals surface area contributed by atoms with Gasteiger partial charge in [-0.2, -0.15) is 0 Å². The summed E-state index contributed by atoms with van der Waals surface area (Å²) in [6.07, 6.45) is 4.62. The van der Waals surface area contributed by atoms with Gasteiger partial charge in [0.2, 0.25) is 0 Å². The van der Waals surface area contributed by atoms with E-state index in [1.54, 1.807) is 18.1 Å². The van der Waals surface area contributed by atoms with Gasteiger partial charge in [0.05, 0.1) is 5.69 Å². The van der Waals surface area contributed by atoms with Crippen molar-refractivity contribution in [3.63, 3.8) is 0 Å². The van der Waals surface area contributed by atoms with E-state index in [1.165, 1.54) is 0 Å². The number of hydrogen-bond donors (Lipinski definition) is 1. The zero-order valence-corrected chi connectivity index (χ0v) is 9.16. The molecule has 2 aliphatic rings. The summed E-state index contributed by atoms with van der Waals surface area (Å²) in [5.41, 5.74) is 2.82. The Morgan fingerprint density at radius 2 is 2.31 bits per heavy atom. The van der Waals surface area contributed by atoms with E-state index in [-0.39, 0.29) is 5.91 Å². The van der Waals surface area contributed by atoms with Crippen molar-refractivity contribution in [2.45, 2.75) is 19.3 Å². The van der Waals surface area contributed by atoms with Crippen molar-refractivity contribution in [3.05, 3.63) is 29.6 Å². The number of fused-ring (bicyclic) bond motifs is 1. The quantitative estimate of drug-likeness (QED) is 0.719. The van der Waals surface area contributed by atoms with Gasteiger partial charge in [-0.25, -0.2) is 4.98 Å². The van der Waals surface area contributed by atoms with Crippen LogP contribution in [-0.4, -0.2) is 17.9 Å². The number of anilines is 2. The molecule has 0 saturated heterocycles. The minimum Gasteiger partial charge on any atom is -0.342 e. The summed E-state index contributed by atoms with van der Waals surface area (Å²) in [7, 11) is 1.80. The second kappa shape index (κ2) is 3.33. The third-order valence-electron chi connectivity index (χ3n) is 3.20. The standard InChI is InChI=1S/C12H13N3O/c1-15-10-6-3-7-13-11(10)14-9-5-2-4-8(9)12(15)16/h3,6-7H,2,4-5H2,1H3,(H,13,14). The molecule has 82 valence electrons. The van der Waals surface area contributed by atoms with E-state index in [1.807, 2.05) is 12.1 Å². The molecular formula is C12H13N3O. The average molecular weight is 215 g/mol. The molecule has 0 atom stereocenters. The number of allylic oxidation sites excluding steroid dienone is 1. The number of nitrogens with zero attached hydrogens (tertiary/aromatic N) is 2. The van der Waals surface area contributed by atoms with Crippen LogP contribution in [0.4, 0.5) is 11.5 Å². The first-order valence-electron chi connectivity index (χ1n) is 5.49. The van der Waals surface area contributed by atoms with E-state index in [0.717, 1.165) is 42.0 Å². The summed E-state index contributed by atoms with van der Waals surface area (Å²) < 4.78 is 0. The Balaban J connectivity index is 2.15. The van der Waals surface area contributed by atoms with E-state index in [4.69, 9.17) is 0 Å². The summed E-state index contributed by atoms with van der Waals surface area (Å²) in [6.45, 7) is 0. The Kier molecular flexibility index (Phi) is 1.96. The predicted octanol–water partition coefficient (Wildman–Crippen LogP) is 1.91. The van der Waals surface area contributed by atoms with Crippen LogP contribution in [0, 0.1) is 0 Å². The molecule has 0 saturated carbocycles. The molecule has 0 unspecified atom stereocenters. The van der Waals surface area contributed by atoms with Crippen LogP contribution in [0.25, 0.3) is 0 Å². The van der Waals surface area contributed by atoms with E-state index >= 15 is 0 Å². The van der Waals surface area contributed by atoms with Crippen molar-refractivity contribution in [2.24, 2.45) is 0 Å². The lowest BCUT2D eigenvalue weighted by molar-refractivity contribution is -0.114. The number of pyridine rings is 1. The fraction of sp³-hybridized carbons (Fsp3) is 0.333. The third kappa shape index (κ3) is 1.23. The van der Waals surface area contributed by atoms with E-state index in [0.29, 0.717) is 0 Å². The molecule has 16 heavy (non-hydrogen) atoms. The summed E-state index contributed by atoms with van der Waals surface area (Å²) in [4.78, 5) is 18.2. The van der Waals surface area contributed by atoms with Crippen LogP contribution in [-0.2, 0) is 4.79 Å². The zero-order chi connectivity index (χ0) is 11.1. The Labute approximate surface area is 94.0 Å². The van der Waals surface area contributed by atoms with Crippen LogP contribution < -0.4 is 10.2 Å². The van der Waals surface area contributed by atoms with Crippen LogP contribution in [0.3, 0.4) is 0 Å². The number of aromatic nitrogens is 1. The highest BCUT2D eigenvalue weighted by atomic mass is 16.2. The predicted molar refractivity (Wildman–Crippen MR) is 62.1 cm³/mol. The van der Waals surface area contributed by atoms with Crippen LogP contribution in [0.5, 0.6) is 0 Å². The molecule has 0 fully saturated rings. The van der Waals surface area contributed by atoms with Gasteiger partial charge in [-0.3, -0.25) is 4.79 Å². The molecule has 1 aliphatic carbocycles. The smallest absolute Gasteiger partial charge is 0.255 e. The van der Waals surface area contributed by atoms with Gasteiger partial charge in [-0.15, -0.1) is 0 Å². The molecule has 1 N–H and O–H groups in total. The molecule has 1 aromatic rings. The van der Waals surface area contributed by atoms with Gasteiger partial charge in [-0.05, 0) is 31.4 Å². The molecule has 1 amide bonds. The fourth-order valence-corrected chi connectivity index (χ4v) is 2.34. The van der Waals surface area contributed by atoms with Gasteiger partial charge in [0.15, 0.2) is 5.82 Å². The fourth-order valence-electron chi connectivity index (χ4n) is 2.34. The molecule has 0 radical (unpaired) electrons. The van der Waals surface area contributed by atoms with Gasteiger partial charge in [0.1, 0.15) is 0 Å². The molecule has 3 rings (SSSR count). The van der Waals surface area contributed by atoms with E-state index < -0.39 is 0 Å². The lowest BCUT2D eigenvalue weighted by Crippen LogP contribution is -2.26. The lowest BCUT2D eigenvalue weighted by atomic mass is 10.2. The van der Waals surface area contributed by atoms with Gasteiger partial charge in [-0.1, -0.05) is 0 Å². The molecule has 1 aromatic heterocycles.